The summed E-state index contributed by atoms with van der Waals surface area (Å²) in [7, 11) is 0. The van der Waals surface area contributed by atoms with Gasteiger partial charge in [0.1, 0.15) is 0 Å². The van der Waals surface area contributed by atoms with Crippen molar-refractivity contribution < 1.29 is 0 Å². The predicted molar refractivity (Wildman–Crippen MR) is 105 cm³/mol. The fraction of sp³-hybridized carbons (Fsp3) is 0.400. The molecule has 0 saturated carbocycles. The summed E-state index contributed by atoms with van der Waals surface area (Å²) in [5.41, 5.74) is 5.46. The summed E-state index contributed by atoms with van der Waals surface area (Å²) in [5, 5.41) is 0. The molecule has 0 amide bonds. The molecule has 0 heterocycles. The van der Waals surface area contributed by atoms with Crippen LogP contribution in [0.5, 0.6) is 0 Å². The van der Waals surface area contributed by atoms with E-state index in [1.165, 1.54) is 22.3 Å². The highest BCUT2D eigenvalue weighted by molar-refractivity contribution is 9.11. The van der Waals surface area contributed by atoms with Gasteiger partial charge >= 0.3 is 0 Å². The highest BCUT2D eigenvalue weighted by atomic mass is 79.9. The summed E-state index contributed by atoms with van der Waals surface area (Å²) >= 11 is 7.44. The minimum Gasteiger partial charge on any atom is -0.0573 e. The van der Waals surface area contributed by atoms with Gasteiger partial charge in [0.15, 0.2) is 0 Å². The first-order chi connectivity index (χ1) is 10.00. The van der Waals surface area contributed by atoms with Crippen molar-refractivity contribution in [3.8, 4) is 11.1 Å². The van der Waals surface area contributed by atoms with E-state index in [0.29, 0.717) is 0 Å². The molecule has 0 radical (unpaired) electrons. The minimum absolute atomic E-state index is 0.142. The number of rotatable bonds is 1. The second-order valence-corrected chi connectivity index (χ2v) is 9.60. The van der Waals surface area contributed by atoms with Gasteiger partial charge in [-0.15, -0.1) is 0 Å². The first-order valence-electron chi connectivity index (χ1n) is 7.60. The van der Waals surface area contributed by atoms with Crippen LogP contribution in [0.2, 0.25) is 0 Å². The van der Waals surface area contributed by atoms with E-state index in [2.05, 4.69) is 110 Å². The SMILES string of the molecule is CC(C)(C)c1ccc(Br)c(-c2cc(C(C)(C)C)ccc2Br)c1. The lowest BCUT2D eigenvalue weighted by Gasteiger charge is -2.23. The van der Waals surface area contributed by atoms with Crippen LogP contribution in [0.15, 0.2) is 45.3 Å². The zero-order valence-electron chi connectivity index (χ0n) is 14.2. The summed E-state index contributed by atoms with van der Waals surface area (Å²) in [6, 6.07) is 13.3. The fourth-order valence-corrected chi connectivity index (χ4v) is 3.32. The Kier molecular flexibility index (Phi) is 4.94. The van der Waals surface area contributed by atoms with E-state index in [1.807, 2.05) is 0 Å². The smallest absolute Gasteiger partial charge is 0.0254 e. The average Bonchev–Trinajstić information content (AvgIpc) is 2.37. The molecule has 0 aliphatic rings. The van der Waals surface area contributed by atoms with Gasteiger partial charge in [-0.2, -0.15) is 0 Å². The van der Waals surface area contributed by atoms with Crippen molar-refractivity contribution in [1.82, 2.24) is 0 Å². The molecule has 2 rings (SSSR count). The quantitative estimate of drug-likeness (QED) is 0.446. The molecule has 0 aliphatic carbocycles. The Morgan fingerprint density at radius 2 is 0.909 bits per heavy atom. The molecular weight excluding hydrogens is 400 g/mol. The maximum absolute atomic E-state index is 3.72. The molecule has 0 aromatic heterocycles. The Morgan fingerprint density at radius 1 is 0.591 bits per heavy atom. The zero-order valence-corrected chi connectivity index (χ0v) is 17.4. The number of halogens is 2. The van der Waals surface area contributed by atoms with E-state index in [4.69, 9.17) is 0 Å². The largest absolute Gasteiger partial charge is 0.0573 e. The molecule has 0 unspecified atom stereocenters. The van der Waals surface area contributed by atoms with Crippen LogP contribution in [-0.4, -0.2) is 0 Å². The Morgan fingerprint density at radius 3 is 1.18 bits per heavy atom. The molecule has 0 spiro atoms. The molecule has 118 valence electrons. The third-order valence-electron chi connectivity index (χ3n) is 3.95. The maximum atomic E-state index is 3.72. The van der Waals surface area contributed by atoms with Crippen molar-refractivity contribution in [2.24, 2.45) is 0 Å². The molecule has 0 saturated heterocycles. The fourth-order valence-electron chi connectivity index (χ4n) is 2.40. The lowest BCUT2D eigenvalue weighted by molar-refractivity contribution is 0.589. The number of hydrogen-bond acceptors (Lipinski definition) is 0. The molecule has 0 fully saturated rings. The normalized spacial score (nSPS) is 12.5. The van der Waals surface area contributed by atoms with Gasteiger partial charge in [-0.3, -0.25) is 0 Å². The number of benzene rings is 2. The average molecular weight is 424 g/mol. The van der Waals surface area contributed by atoms with Gasteiger partial charge < -0.3 is 0 Å². The van der Waals surface area contributed by atoms with Crippen molar-refractivity contribution in [2.45, 2.75) is 52.4 Å². The molecule has 2 heteroatoms. The van der Waals surface area contributed by atoms with Crippen LogP contribution < -0.4 is 0 Å². The highest BCUT2D eigenvalue weighted by Crippen LogP contribution is 2.39. The first kappa shape index (κ1) is 17.7. The minimum atomic E-state index is 0.142. The van der Waals surface area contributed by atoms with Gasteiger partial charge in [0, 0.05) is 8.95 Å². The first-order valence-corrected chi connectivity index (χ1v) is 9.19. The van der Waals surface area contributed by atoms with Gasteiger partial charge in [-0.25, -0.2) is 0 Å². The van der Waals surface area contributed by atoms with E-state index in [1.54, 1.807) is 0 Å². The summed E-state index contributed by atoms with van der Waals surface area (Å²) < 4.78 is 2.26. The van der Waals surface area contributed by atoms with E-state index in [-0.39, 0.29) is 10.8 Å². The lowest BCUT2D eigenvalue weighted by atomic mass is 9.83. The topological polar surface area (TPSA) is 0 Å². The van der Waals surface area contributed by atoms with Crippen molar-refractivity contribution in [1.29, 1.82) is 0 Å². The second-order valence-electron chi connectivity index (χ2n) is 7.89. The predicted octanol–water partition coefficient (Wildman–Crippen LogP) is 7.47. The van der Waals surface area contributed by atoms with Crippen LogP contribution in [0.3, 0.4) is 0 Å². The maximum Gasteiger partial charge on any atom is 0.0254 e. The third kappa shape index (κ3) is 3.83. The van der Waals surface area contributed by atoms with Crippen LogP contribution in [0.4, 0.5) is 0 Å². The van der Waals surface area contributed by atoms with Crippen molar-refractivity contribution >= 4 is 31.9 Å². The van der Waals surface area contributed by atoms with Crippen LogP contribution in [0.25, 0.3) is 11.1 Å². The van der Waals surface area contributed by atoms with Crippen LogP contribution in [0.1, 0.15) is 52.7 Å². The van der Waals surface area contributed by atoms with Crippen LogP contribution in [0, 0.1) is 0 Å². The Bertz CT molecular complexity index is 624. The zero-order chi connectivity index (χ0) is 16.7. The van der Waals surface area contributed by atoms with E-state index < -0.39 is 0 Å². The van der Waals surface area contributed by atoms with Gasteiger partial charge in [-0.1, -0.05) is 85.5 Å². The van der Waals surface area contributed by atoms with Crippen molar-refractivity contribution in [3.05, 3.63) is 56.5 Å². The summed E-state index contributed by atoms with van der Waals surface area (Å²) in [6.07, 6.45) is 0. The monoisotopic (exact) mass is 422 g/mol. The number of hydrogen-bond donors (Lipinski definition) is 0. The van der Waals surface area contributed by atoms with Crippen LogP contribution in [-0.2, 0) is 10.8 Å². The summed E-state index contributed by atoms with van der Waals surface area (Å²) in [5.74, 6) is 0. The van der Waals surface area contributed by atoms with E-state index >= 15 is 0 Å². The van der Waals surface area contributed by atoms with Gasteiger partial charge in [0.05, 0.1) is 0 Å². The second kappa shape index (κ2) is 6.13. The molecule has 2 aromatic rings. The van der Waals surface area contributed by atoms with Gasteiger partial charge in [0.25, 0.3) is 0 Å². The molecule has 0 atom stereocenters. The van der Waals surface area contributed by atoms with Crippen LogP contribution >= 0.6 is 31.9 Å². The molecule has 2 aromatic carbocycles. The summed E-state index contributed by atoms with van der Waals surface area (Å²) in [6.45, 7) is 13.5. The highest BCUT2D eigenvalue weighted by Gasteiger charge is 2.19. The molecular formula is C20H24Br2. The molecule has 0 N–H and O–H groups in total. The van der Waals surface area contributed by atoms with E-state index in [9.17, 15) is 0 Å². The van der Waals surface area contributed by atoms with Crippen molar-refractivity contribution in [3.63, 3.8) is 0 Å². The molecule has 0 aliphatic heterocycles. The van der Waals surface area contributed by atoms with Gasteiger partial charge in [-0.05, 0) is 57.3 Å². The standard InChI is InChI=1S/C20H24Br2/c1-19(2,3)13-7-9-17(21)15(11-13)16-12-14(20(4,5)6)8-10-18(16)22/h7-12H,1-6H3. The molecule has 0 nitrogen and oxygen atoms in total. The Balaban J connectivity index is 2.66. The van der Waals surface area contributed by atoms with Gasteiger partial charge in [0.2, 0.25) is 0 Å². The van der Waals surface area contributed by atoms with Crippen molar-refractivity contribution in [2.75, 3.05) is 0 Å². The van der Waals surface area contributed by atoms with E-state index in [0.717, 1.165) is 8.95 Å². The third-order valence-corrected chi connectivity index (χ3v) is 5.34. The Hall–Kier alpha value is -0.600. The Labute approximate surface area is 151 Å². The molecule has 22 heavy (non-hydrogen) atoms. The summed E-state index contributed by atoms with van der Waals surface area (Å²) in [4.78, 5) is 0. The lowest BCUT2D eigenvalue weighted by Crippen LogP contribution is -2.12. The molecule has 0 bridgehead atoms.